The van der Waals surface area contributed by atoms with Gasteiger partial charge in [-0.2, -0.15) is 18.2 Å². The summed E-state index contributed by atoms with van der Waals surface area (Å²) < 4.78 is 44.3. The number of nitrogens with two attached hydrogens (primary N) is 1. The first-order valence-corrected chi connectivity index (χ1v) is 6.65. The molecule has 2 aromatic rings. The van der Waals surface area contributed by atoms with Gasteiger partial charge in [-0.25, -0.2) is 5.84 Å². The van der Waals surface area contributed by atoms with Crippen LogP contribution >= 0.6 is 27.5 Å². The Morgan fingerprint density at radius 2 is 1.95 bits per heavy atom. The van der Waals surface area contributed by atoms with Gasteiger partial charge >= 0.3 is 6.18 Å². The molecule has 0 atom stereocenters. The number of nitrogens with one attached hydrogen (secondary N) is 1. The molecule has 0 radical (unpaired) electrons. The summed E-state index contributed by atoms with van der Waals surface area (Å²) in [5, 5.41) is 0.228. The van der Waals surface area contributed by atoms with E-state index in [4.69, 9.17) is 22.2 Å². The van der Waals surface area contributed by atoms with E-state index in [1.54, 1.807) is 12.1 Å². The van der Waals surface area contributed by atoms with Crippen LogP contribution in [-0.2, 0) is 6.18 Å². The number of alkyl halides is 3. The SMILES string of the molecule is NNc1cc(C(F)(F)F)cc(Oc2ccc(Br)cc2Cl)n1. The topological polar surface area (TPSA) is 60.2 Å². The smallest absolute Gasteiger partial charge is 0.416 e. The highest BCUT2D eigenvalue weighted by atomic mass is 79.9. The summed E-state index contributed by atoms with van der Waals surface area (Å²) in [5.41, 5.74) is 1.12. The zero-order valence-electron chi connectivity index (χ0n) is 10.2. The van der Waals surface area contributed by atoms with Crippen molar-refractivity contribution in [3.05, 3.63) is 45.4 Å². The van der Waals surface area contributed by atoms with Crippen LogP contribution < -0.4 is 16.0 Å². The van der Waals surface area contributed by atoms with Gasteiger partial charge in [-0.3, -0.25) is 0 Å². The van der Waals surface area contributed by atoms with Crippen molar-refractivity contribution in [3.63, 3.8) is 0 Å². The molecule has 0 aliphatic heterocycles. The number of nitrogens with zero attached hydrogens (tertiary/aromatic N) is 1. The Hall–Kier alpha value is -1.51. The van der Waals surface area contributed by atoms with Crippen molar-refractivity contribution in [2.45, 2.75) is 6.18 Å². The third kappa shape index (κ3) is 3.99. The summed E-state index contributed by atoms with van der Waals surface area (Å²) in [4.78, 5) is 3.80. The Labute approximate surface area is 131 Å². The molecule has 0 fully saturated rings. The fraction of sp³-hybridized carbons (Fsp3) is 0.0833. The second-order valence-electron chi connectivity index (χ2n) is 3.90. The van der Waals surface area contributed by atoms with Crippen LogP contribution in [0.3, 0.4) is 0 Å². The predicted molar refractivity (Wildman–Crippen MR) is 76.3 cm³/mol. The summed E-state index contributed by atoms with van der Waals surface area (Å²) in [7, 11) is 0. The minimum absolute atomic E-state index is 0.173. The number of hydrogen-bond acceptors (Lipinski definition) is 4. The Bertz CT molecular complexity index is 667. The van der Waals surface area contributed by atoms with Gasteiger partial charge in [-0.15, -0.1) is 0 Å². The molecule has 1 heterocycles. The fourth-order valence-corrected chi connectivity index (χ4v) is 2.18. The average molecular weight is 383 g/mol. The minimum Gasteiger partial charge on any atom is -0.437 e. The lowest BCUT2D eigenvalue weighted by Gasteiger charge is -2.12. The molecule has 112 valence electrons. The zero-order valence-corrected chi connectivity index (χ0v) is 12.6. The minimum atomic E-state index is -4.55. The van der Waals surface area contributed by atoms with Crippen molar-refractivity contribution >= 4 is 33.3 Å². The van der Waals surface area contributed by atoms with E-state index in [0.717, 1.165) is 12.1 Å². The monoisotopic (exact) mass is 381 g/mol. The quantitative estimate of drug-likeness (QED) is 0.602. The van der Waals surface area contributed by atoms with Crippen LogP contribution in [-0.4, -0.2) is 4.98 Å². The number of benzene rings is 1. The lowest BCUT2D eigenvalue weighted by atomic mass is 10.2. The summed E-state index contributed by atoms with van der Waals surface area (Å²) in [6.07, 6.45) is -4.55. The number of rotatable bonds is 3. The van der Waals surface area contributed by atoms with Gasteiger partial charge in [0.1, 0.15) is 11.6 Å². The van der Waals surface area contributed by atoms with Gasteiger partial charge in [0.15, 0.2) is 0 Å². The average Bonchev–Trinajstić information content (AvgIpc) is 2.40. The van der Waals surface area contributed by atoms with Crippen molar-refractivity contribution in [2.24, 2.45) is 5.84 Å². The van der Waals surface area contributed by atoms with Gasteiger partial charge in [0.25, 0.3) is 0 Å². The molecule has 3 N–H and O–H groups in total. The van der Waals surface area contributed by atoms with Gasteiger partial charge < -0.3 is 10.2 Å². The van der Waals surface area contributed by atoms with Crippen LogP contribution in [0.2, 0.25) is 5.02 Å². The highest BCUT2D eigenvalue weighted by Crippen LogP contribution is 2.35. The van der Waals surface area contributed by atoms with Crippen molar-refractivity contribution < 1.29 is 17.9 Å². The first-order valence-electron chi connectivity index (χ1n) is 5.48. The second kappa shape index (κ2) is 6.08. The number of ether oxygens (including phenoxy) is 1. The van der Waals surface area contributed by atoms with E-state index >= 15 is 0 Å². The van der Waals surface area contributed by atoms with E-state index in [-0.39, 0.29) is 22.5 Å². The number of pyridine rings is 1. The Balaban J connectivity index is 2.39. The number of nitrogen functional groups attached to an aromatic ring is 1. The van der Waals surface area contributed by atoms with Crippen molar-refractivity contribution in [1.29, 1.82) is 0 Å². The summed E-state index contributed by atoms with van der Waals surface area (Å²) in [5.74, 6) is 4.83. The summed E-state index contributed by atoms with van der Waals surface area (Å²) in [6.45, 7) is 0. The van der Waals surface area contributed by atoms with Crippen LogP contribution in [0.15, 0.2) is 34.8 Å². The van der Waals surface area contributed by atoms with Crippen molar-refractivity contribution in [3.8, 4) is 11.6 Å². The Kier molecular flexibility index (Phi) is 4.60. The lowest BCUT2D eigenvalue weighted by molar-refractivity contribution is -0.137. The molecule has 1 aromatic carbocycles. The van der Waals surface area contributed by atoms with Crippen LogP contribution in [0, 0.1) is 0 Å². The van der Waals surface area contributed by atoms with Crippen molar-refractivity contribution in [1.82, 2.24) is 4.98 Å². The molecule has 0 bridgehead atoms. The molecule has 21 heavy (non-hydrogen) atoms. The van der Waals surface area contributed by atoms with E-state index < -0.39 is 11.7 Å². The predicted octanol–water partition coefficient (Wildman–Crippen LogP) is 4.59. The van der Waals surface area contributed by atoms with Crippen LogP contribution in [0.4, 0.5) is 19.0 Å². The van der Waals surface area contributed by atoms with E-state index in [0.29, 0.717) is 4.47 Å². The van der Waals surface area contributed by atoms with Crippen molar-refractivity contribution in [2.75, 3.05) is 5.43 Å². The molecule has 2 rings (SSSR count). The first kappa shape index (κ1) is 15.9. The van der Waals surface area contributed by atoms with Gasteiger partial charge in [-0.1, -0.05) is 27.5 Å². The molecule has 0 saturated carbocycles. The summed E-state index contributed by atoms with van der Waals surface area (Å²) >= 11 is 9.15. The maximum absolute atomic E-state index is 12.8. The molecule has 4 nitrogen and oxygen atoms in total. The number of hydrogen-bond donors (Lipinski definition) is 2. The number of aromatic nitrogens is 1. The largest absolute Gasteiger partial charge is 0.437 e. The second-order valence-corrected chi connectivity index (χ2v) is 5.22. The third-order valence-corrected chi connectivity index (χ3v) is 3.17. The molecule has 0 aliphatic rings. The molecule has 0 unspecified atom stereocenters. The van der Waals surface area contributed by atoms with Crippen LogP contribution in [0.25, 0.3) is 0 Å². The van der Waals surface area contributed by atoms with E-state index in [1.807, 2.05) is 0 Å². The zero-order chi connectivity index (χ0) is 15.6. The molecule has 0 amide bonds. The highest BCUT2D eigenvalue weighted by molar-refractivity contribution is 9.10. The van der Waals surface area contributed by atoms with Gasteiger partial charge in [0.05, 0.1) is 10.6 Å². The standard InChI is InChI=1S/C12H8BrClF3N3O/c13-7-1-2-9(8(14)5-7)21-11-4-6(12(15,16)17)3-10(19-11)20-18/h1-5H,18H2,(H,19,20). The molecule has 9 heteroatoms. The molecule has 0 aliphatic carbocycles. The third-order valence-electron chi connectivity index (χ3n) is 2.39. The van der Waals surface area contributed by atoms with Crippen LogP contribution in [0.5, 0.6) is 11.6 Å². The Morgan fingerprint density at radius 3 is 2.52 bits per heavy atom. The normalized spacial score (nSPS) is 11.3. The van der Waals surface area contributed by atoms with E-state index in [1.165, 1.54) is 6.07 Å². The summed E-state index contributed by atoms with van der Waals surface area (Å²) in [6, 6.07) is 6.22. The van der Waals surface area contributed by atoms with Crippen LogP contribution in [0.1, 0.15) is 5.56 Å². The highest BCUT2D eigenvalue weighted by Gasteiger charge is 2.32. The van der Waals surface area contributed by atoms with Gasteiger partial charge in [-0.05, 0) is 24.3 Å². The Morgan fingerprint density at radius 1 is 1.24 bits per heavy atom. The molecular formula is C12H8BrClF3N3O. The van der Waals surface area contributed by atoms with Gasteiger partial charge in [0.2, 0.25) is 5.88 Å². The number of anilines is 1. The van der Waals surface area contributed by atoms with E-state index in [2.05, 4.69) is 26.3 Å². The number of halogens is 5. The molecule has 1 aromatic heterocycles. The molecule has 0 saturated heterocycles. The van der Waals surface area contributed by atoms with E-state index in [9.17, 15) is 13.2 Å². The molecule has 0 spiro atoms. The number of hydrazine groups is 1. The maximum atomic E-state index is 12.8. The van der Waals surface area contributed by atoms with Gasteiger partial charge in [0, 0.05) is 10.5 Å². The lowest BCUT2D eigenvalue weighted by Crippen LogP contribution is -2.12. The first-order chi connectivity index (χ1) is 9.79. The maximum Gasteiger partial charge on any atom is 0.416 e. The molecular weight excluding hydrogens is 375 g/mol. The fourth-order valence-electron chi connectivity index (χ4n) is 1.47.